The van der Waals surface area contributed by atoms with Gasteiger partial charge in [-0.1, -0.05) is 6.92 Å². The normalized spacial score (nSPS) is 24.2. The van der Waals surface area contributed by atoms with Crippen molar-refractivity contribution < 1.29 is 42.2 Å². The molecule has 0 atom stereocenters. The molecule has 4 nitrogen and oxygen atoms in total. The Morgan fingerprint density at radius 1 is 1.47 bits per heavy atom. The number of carbonyl (C=O) groups is 1. The number of piperidine rings is 1. The van der Waals surface area contributed by atoms with Crippen molar-refractivity contribution in [3.8, 4) is 0 Å². The van der Waals surface area contributed by atoms with Gasteiger partial charge in [-0.15, -0.1) is 13.1 Å². The van der Waals surface area contributed by atoms with Gasteiger partial charge in [0.05, 0.1) is 0 Å². The van der Waals surface area contributed by atoms with E-state index in [0.29, 0.717) is 6.54 Å². The van der Waals surface area contributed by atoms with Crippen LogP contribution in [-0.2, 0) is 42.2 Å². The fourth-order valence-corrected chi connectivity index (χ4v) is 2.17. The van der Waals surface area contributed by atoms with Gasteiger partial charge < -0.3 is 17.5 Å². The summed E-state index contributed by atoms with van der Waals surface area (Å²) in [6, 6.07) is 0. The van der Waals surface area contributed by atoms with E-state index in [-0.39, 0.29) is 51.8 Å². The van der Waals surface area contributed by atoms with Crippen LogP contribution >= 0.6 is 0 Å². The third-order valence-electron chi connectivity index (χ3n) is 2.90. The van der Waals surface area contributed by atoms with E-state index in [2.05, 4.69) is 17.1 Å². The molecule has 0 aromatic rings. The molecule has 0 N–H and O–H groups in total. The minimum absolute atomic E-state index is 0. The molecule has 2 saturated heterocycles. The van der Waals surface area contributed by atoms with Crippen LogP contribution in [0.3, 0.4) is 0 Å². The molecule has 0 aliphatic carbocycles. The van der Waals surface area contributed by atoms with Crippen LogP contribution < -0.4 is 0 Å². The van der Waals surface area contributed by atoms with Crippen LogP contribution in [-0.4, -0.2) is 42.8 Å². The molecule has 0 unspecified atom stereocenters. The number of nitrogens with zero attached hydrogens (tertiary/aromatic N) is 2. The summed E-state index contributed by atoms with van der Waals surface area (Å²) in [6.45, 7) is 5.05. The summed E-state index contributed by atoms with van der Waals surface area (Å²) in [5.74, 6) is -0.0799. The van der Waals surface area contributed by atoms with Crippen LogP contribution in [0.25, 0.3) is 5.32 Å². The molecule has 2 heterocycles. The first kappa shape index (κ1) is 15.5. The molecule has 1 radical (unpaired) electrons. The van der Waals surface area contributed by atoms with Gasteiger partial charge in [0.15, 0.2) is 5.72 Å². The maximum Gasteiger partial charge on any atom is 0.322 e. The summed E-state index contributed by atoms with van der Waals surface area (Å²) in [6.07, 6.45) is 1.74. The monoisotopic (exact) mass is 287 g/mol. The molecule has 1 spiro atoms. The van der Waals surface area contributed by atoms with Gasteiger partial charge in [-0.05, 0) is 19.4 Å². The topological polar surface area (TPSA) is 43.6 Å². The molecule has 0 saturated carbocycles. The van der Waals surface area contributed by atoms with Gasteiger partial charge in [0.25, 0.3) is 0 Å². The molecule has 2 rings (SSSR count). The summed E-state index contributed by atoms with van der Waals surface area (Å²) in [4.78, 5) is 13.3. The van der Waals surface area contributed by atoms with Crippen molar-refractivity contribution in [3.63, 3.8) is 0 Å². The number of hydrogen-bond acceptors (Lipinski definition) is 3. The van der Waals surface area contributed by atoms with E-state index in [4.69, 9.17) is 4.74 Å². The van der Waals surface area contributed by atoms with Gasteiger partial charge >= 0.3 is 5.97 Å². The molecule has 2 aliphatic rings. The average Bonchev–Trinajstić information content (AvgIpc) is 2.43. The molecule has 0 bridgehead atoms. The van der Waals surface area contributed by atoms with Crippen molar-refractivity contribution in [2.45, 2.75) is 25.5 Å². The predicted octanol–water partition coefficient (Wildman–Crippen LogP) is 1.18. The summed E-state index contributed by atoms with van der Waals surface area (Å²) in [7, 11) is 0. The summed E-state index contributed by atoms with van der Waals surface area (Å²) in [5, 5.41) is 4.27. The van der Waals surface area contributed by atoms with E-state index >= 15 is 0 Å². The number of ether oxygens (including phenoxy) is 1. The molecule has 5 heteroatoms. The molecule has 0 aromatic carbocycles. The first-order valence-electron chi connectivity index (χ1n) is 4.87. The standard InChI is InChI=1S/C9H15N2O2.CH3.Y/c1-2-11-7-8(12)13-9(11)3-5-10-6-4-9;;/h2-7H2,1H3;1H3;/q2*-1;. The molecule has 2 aliphatic heterocycles. The SMILES string of the molecule is CCN1CC(=O)OC12CC[N-]CC2.[CH3-].[Y]. The largest absolute Gasteiger partial charge is 0.662 e. The minimum Gasteiger partial charge on any atom is -0.662 e. The van der Waals surface area contributed by atoms with Gasteiger partial charge in [-0.25, -0.2) is 0 Å². The zero-order valence-corrected chi connectivity index (χ0v) is 12.4. The van der Waals surface area contributed by atoms with Crippen molar-refractivity contribution >= 4 is 5.97 Å². The summed E-state index contributed by atoms with van der Waals surface area (Å²) >= 11 is 0. The number of hydrogen-bond donors (Lipinski definition) is 0. The second kappa shape index (κ2) is 6.28. The van der Waals surface area contributed by atoms with E-state index in [1.54, 1.807) is 0 Å². The van der Waals surface area contributed by atoms with Crippen LogP contribution in [0.5, 0.6) is 0 Å². The first-order valence-corrected chi connectivity index (χ1v) is 4.87. The van der Waals surface area contributed by atoms with Crippen molar-refractivity contribution in [3.05, 3.63) is 12.7 Å². The second-order valence-corrected chi connectivity index (χ2v) is 3.61. The molecule has 0 amide bonds. The van der Waals surface area contributed by atoms with E-state index < -0.39 is 0 Å². The Morgan fingerprint density at radius 2 is 2.07 bits per heavy atom. The van der Waals surface area contributed by atoms with Crippen molar-refractivity contribution in [2.75, 3.05) is 26.2 Å². The van der Waals surface area contributed by atoms with E-state index in [9.17, 15) is 4.79 Å². The van der Waals surface area contributed by atoms with Crippen LogP contribution in [0.15, 0.2) is 0 Å². The Labute approximate surface area is 117 Å². The zero-order chi connectivity index (χ0) is 9.31. The Hall–Kier alpha value is 0.494. The molecular weight excluding hydrogens is 269 g/mol. The second-order valence-electron chi connectivity index (χ2n) is 3.61. The zero-order valence-electron chi connectivity index (χ0n) is 9.53. The van der Waals surface area contributed by atoms with E-state index in [1.165, 1.54) is 0 Å². The van der Waals surface area contributed by atoms with Gasteiger partial charge in [0.1, 0.15) is 6.54 Å². The average molecular weight is 287 g/mol. The Kier molecular flexibility index (Phi) is 6.49. The van der Waals surface area contributed by atoms with Crippen LogP contribution in [0.2, 0.25) is 0 Å². The van der Waals surface area contributed by atoms with E-state index in [1.807, 2.05) is 0 Å². The van der Waals surface area contributed by atoms with Crippen molar-refractivity contribution in [1.29, 1.82) is 0 Å². The van der Waals surface area contributed by atoms with Gasteiger partial charge in [0, 0.05) is 32.7 Å². The van der Waals surface area contributed by atoms with Gasteiger partial charge in [-0.2, -0.15) is 0 Å². The Morgan fingerprint density at radius 3 is 2.60 bits per heavy atom. The fraction of sp³-hybridized carbons (Fsp3) is 0.800. The summed E-state index contributed by atoms with van der Waals surface area (Å²) in [5.41, 5.74) is -0.298. The van der Waals surface area contributed by atoms with Crippen LogP contribution in [0.1, 0.15) is 19.8 Å². The number of esters is 1. The quantitative estimate of drug-likeness (QED) is 0.537. The van der Waals surface area contributed by atoms with Gasteiger partial charge in [0.2, 0.25) is 0 Å². The van der Waals surface area contributed by atoms with Crippen LogP contribution in [0, 0.1) is 7.43 Å². The Balaban J connectivity index is 0.000000980. The minimum atomic E-state index is -0.298. The van der Waals surface area contributed by atoms with Crippen LogP contribution in [0.4, 0.5) is 0 Å². The molecule has 0 aromatic heterocycles. The Bertz CT molecular complexity index is 217. The summed E-state index contributed by atoms with van der Waals surface area (Å²) < 4.78 is 5.42. The number of carbonyl (C=O) groups excluding carboxylic acids is 1. The maximum atomic E-state index is 11.2. The molecule has 85 valence electrons. The number of rotatable bonds is 1. The molecule has 15 heavy (non-hydrogen) atoms. The third-order valence-corrected chi connectivity index (χ3v) is 2.90. The van der Waals surface area contributed by atoms with E-state index in [0.717, 1.165) is 32.5 Å². The van der Waals surface area contributed by atoms with Gasteiger partial charge in [-0.3, -0.25) is 9.69 Å². The van der Waals surface area contributed by atoms with Crippen molar-refractivity contribution in [2.24, 2.45) is 0 Å². The maximum absolute atomic E-state index is 11.2. The first-order chi connectivity index (χ1) is 6.27. The molecular formula is C10H18N2O2Y-2. The predicted molar refractivity (Wildman–Crippen MR) is 54.8 cm³/mol. The third kappa shape index (κ3) is 2.99. The fourth-order valence-electron chi connectivity index (χ4n) is 2.17. The number of likely N-dealkylation sites (N-methyl/N-ethyl adjacent to an activating group) is 1. The smallest absolute Gasteiger partial charge is 0.322 e. The van der Waals surface area contributed by atoms with Crippen molar-refractivity contribution in [1.82, 2.24) is 4.90 Å². The molecule has 2 fully saturated rings.